The predicted molar refractivity (Wildman–Crippen MR) is 115 cm³/mol. The van der Waals surface area contributed by atoms with Crippen LogP contribution in [-0.4, -0.2) is 31.1 Å². The molecule has 0 spiro atoms. The van der Waals surface area contributed by atoms with Crippen molar-refractivity contribution in [3.63, 3.8) is 0 Å². The van der Waals surface area contributed by atoms with E-state index in [0.717, 1.165) is 51.1 Å². The molecule has 5 rings (SSSR count). The third kappa shape index (κ3) is 3.03. The second-order valence-electron chi connectivity index (χ2n) is 11.5. The van der Waals surface area contributed by atoms with Gasteiger partial charge in [-0.2, -0.15) is 0 Å². The topological polar surface area (TPSA) is 33.6 Å². The van der Waals surface area contributed by atoms with Gasteiger partial charge in [-0.1, -0.05) is 38.1 Å². The highest BCUT2D eigenvalue weighted by Gasteiger charge is 2.62. The Hall–Kier alpha value is -0.900. The van der Waals surface area contributed by atoms with Crippen LogP contribution in [0.1, 0.15) is 72.1 Å². The number of alkyl halides is 1. The van der Waals surface area contributed by atoms with Crippen LogP contribution in [0.15, 0.2) is 17.3 Å². The van der Waals surface area contributed by atoms with Gasteiger partial charge in [0.15, 0.2) is 0 Å². The molecule has 0 bridgehead atoms. The Bertz CT molecular complexity index is 701. The Morgan fingerprint density at radius 2 is 1.97 bits per heavy atom. The van der Waals surface area contributed by atoms with Crippen LogP contribution in [0.25, 0.3) is 0 Å². The van der Waals surface area contributed by atoms with E-state index in [-0.39, 0.29) is 17.4 Å². The molecule has 0 radical (unpaired) electrons. The summed E-state index contributed by atoms with van der Waals surface area (Å²) < 4.78 is 14.8. The fraction of sp³-hybridized carbons (Fsp3) is 0.880. The summed E-state index contributed by atoms with van der Waals surface area (Å²) in [5.41, 5.74) is 3.13. The van der Waals surface area contributed by atoms with E-state index in [1.54, 1.807) is 0 Å². The Labute approximate surface area is 175 Å². The minimum Gasteiger partial charge on any atom is -0.391 e. The maximum absolute atomic E-state index is 14.8. The summed E-state index contributed by atoms with van der Waals surface area (Å²) in [6.07, 6.45) is 8.28. The largest absolute Gasteiger partial charge is 0.391 e. The molecule has 9 atom stereocenters. The van der Waals surface area contributed by atoms with Crippen molar-refractivity contribution in [2.75, 3.05) is 13.1 Å². The lowest BCUT2D eigenvalue weighted by molar-refractivity contribution is -0.0793. The Balaban J connectivity index is 1.35. The lowest BCUT2D eigenvalue weighted by atomic mass is 9.44. The van der Waals surface area contributed by atoms with E-state index in [4.69, 9.17) is 4.84 Å². The molecule has 1 heterocycles. The van der Waals surface area contributed by atoms with Crippen LogP contribution < -0.4 is 5.32 Å². The molecule has 0 aromatic rings. The molecular weight excluding hydrogens is 363 g/mol. The summed E-state index contributed by atoms with van der Waals surface area (Å²) in [5, 5.41) is 7.94. The van der Waals surface area contributed by atoms with Crippen molar-refractivity contribution in [1.29, 1.82) is 0 Å². The number of nitrogens with zero attached hydrogens (tertiary/aromatic N) is 1. The van der Waals surface area contributed by atoms with Crippen molar-refractivity contribution >= 4 is 5.71 Å². The first-order valence-corrected chi connectivity index (χ1v) is 12.1. The Morgan fingerprint density at radius 3 is 2.72 bits per heavy atom. The maximum Gasteiger partial charge on any atom is 0.141 e. The molecule has 0 aromatic carbocycles. The van der Waals surface area contributed by atoms with Crippen molar-refractivity contribution in [2.24, 2.45) is 45.6 Å². The van der Waals surface area contributed by atoms with Crippen molar-refractivity contribution in [3.8, 4) is 0 Å². The number of hydrogen-bond donors (Lipinski definition) is 1. The van der Waals surface area contributed by atoms with Gasteiger partial charge in [-0.05, 0) is 91.9 Å². The Kier molecular flexibility index (Phi) is 4.88. The molecule has 1 aliphatic heterocycles. The van der Waals surface area contributed by atoms with E-state index in [1.807, 2.05) is 0 Å². The number of halogens is 1. The number of oxime groups is 1. The SMILES string of the molecule is C=C1CC2C(CCC3(C)C(C)C(F)CC23)C2(C)CCC(=NOC3CCNC3)CC12. The molecule has 162 valence electrons. The predicted octanol–water partition coefficient (Wildman–Crippen LogP) is 5.51. The van der Waals surface area contributed by atoms with Crippen molar-refractivity contribution in [2.45, 2.75) is 84.4 Å². The van der Waals surface area contributed by atoms with Gasteiger partial charge in [0.05, 0.1) is 5.71 Å². The summed E-state index contributed by atoms with van der Waals surface area (Å²) in [6.45, 7) is 13.6. The first kappa shape index (κ1) is 20.0. The van der Waals surface area contributed by atoms with E-state index in [9.17, 15) is 4.39 Å². The van der Waals surface area contributed by atoms with Gasteiger partial charge in [0.1, 0.15) is 12.3 Å². The quantitative estimate of drug-likeness (QED) is 0.488. The number of nitrogens with one attached hydrogen (secondary N) is 1. The summed E-state index contributed by atoms with van der Waals surface area (Å²) in [6, 6.07) is 0. The van der Waals surface area contributed by atoms with Crippen LogP contribution in [0, 0.1) is 40.4 Å². The molecule has 5 aliphatic rings. The Morgan fingerprint density at radius 1 is 1.14 bits per heavy atom. The molecule has 29 heavy (non-hydrogen) atoms. The molecular formula is C25H39FN2O. The number of fused-ring (bicyclic) bond motifs is 5. The van der Waals surface area contributed by atoms with Gasteiger partial charge in [-0.3, -0.25) is 0 Å². The van der Waals surface area contributed by atoms with Gasteiger partial charge in [-0.25, -0.2) is 4.39 Å². The van der Waals surface area contributed by atoms with Crippen LogP contribution in [0.5, 0.6) is 0 Å². The van der Waals surface area contributed by atoms with E-state index in [2.05, 4.69) is 37.8 Å². The molecule has 5 fully saturated rings. The summed E-state index contributed by atoms with van der Waals surface area (Å²) >= 11 is 0. The molecule has 0 aromatic heterocycles. The van der Waals surface area contributed by atoms with Gasteiger partial charge in [0.2, 0.25) is 0 Å². The highest BCUT2D eigenvalue weighted by molar-refractivity contribution is 5.85. The first-order chi connectivity index (χ1) is 13.8. The van der Waals surface area contributed by atoms with Crippen molar-refractivity contribution in [3.05, 3.63) is 12.2 Å². The molecule has 1 N–H and O–H groups in total. The molecule has 4 aliphatic carbocycles. The standard InChI is InChI=1S/C25H39FN2O/c1-15-11-19-20(6-9-24(3)16(2)23(26)13-22(19)24)25(4)8-5-17(12-21(15)25)28-29-18-7-10-27-14-18/h16,18-23,27H,1,5-14H2,2-4H3. The minimum absolute atomic E-state index is 0.189. The van der Waals surface area contributed by atoms with Crippen molar-refractivity contribution < 1.29 is 9.23 Å². The number of hydrogen-bond acceptors (Lipinski definition) is 3. The average Bonchev–Trinajstić information content (AvgIpc) is 3.29. The zero-order valence-electron chi connectivity index (χ0n) is 18.6. The molecule has 0 amide bonds. The molecule has 4 saturated carbocycles. The van der Waals surface area contributed by atoms with Crippen molar-refractivity contribution in [1.82, 2.24) is 5.32 Å². The first-order valence-electron chi connectivity index (χ1n) is 12.1. The number of rotatable bonds is 2. The van der Waals surface area contributed by atoms with Gasteiger partial charge in [0.25, 0.3) is 0 Å². The number of allylic oxidation sites excluding steroid dienone is 1. The molecule has 3 nitrogen and oxygen atoms in total. The van der Waals surface area contributed by atoms with E-state index >= 15 is 0 Å². The monoisotopic (exact) mass is 402 g/mol. The third-order valence-electron chi connectivity index (χ3n) is 10.3. The average molecular weight is 403 g/mol. The van der Waals surface area contributed by atoms with Crippen LogP contribution in [-0.2, 0) is 4.84 Å². The summed E-state index contributed by atoms with van der Waals surface area (Å²) in [5.74, 6) is 2.61. The van der Waals surface area contributed by atoms with Gasteiger partial charge in [0, 0.05) is 13.0 Å². The molecule has 9 unspecified atom stereocenters. The van der Waals surface area contributed by atoms with E-state index in [0.29, 0.717) is 23.2 Å². The lowest BCUT2D eigenvalue weighted by Gasteiger charge is -2.60. The smallest absolute Gasteiger partial charge is 0.141 e. The van der Waals surface area contributed by atoms with Gasteiger partial charge >= 0.3 is 0 Å². The second-order valence-corrected chi connectivity index (χ2v) is 11.5. The zero-order valence-corrected chi connectivity index (χ0v) is 18.6. The second kappa shape index (κ2) is 7.07. The normalized spacial score (nSPS) is 53.4. The van der Waals surface area contributed by atoms with Gasteiger partial charge < -0.3 is 10.2 Å². The van der Waals surface area contributed by atoms with Crippen LogP contribution in [0.3, 0.4) is 0 Å². The summed E-state index contributed by atoms with van der Waals surface area (Å²) in [4.78, 5) is 5.84. The van der Waals surface area contributed by atoms with E-state index < -0.39 is 6.17 Å². The molecule has 4 heteroatoms. The fourth-order valence-corrected chi connectivity index (χ4v) is 8.22. The highest BCUT2D eigenvalue weighted by atomic mass is 19.1. The third-order valence-corrected chi connectivity index (χ3v) is 10.3. The minimum atomic E-state index is -0.616. The van der Waals surface area contributed by atoms with Crippen LogP contribution >= 0.6 is 0 Å². The van der Waals surface area contributed by atoms with Crippen LogP contribution in [0.4, 0.5) is 4.39 Å². The van der Waals surface area contributed by atoms with Crippen LogP contribution in [0.2, 0.25) is 0 Å². The fourth-order valence-electron chi connectivity index (χ4n) is 8.22. The zero-order chi connectivity index (χ0) is 20.4. The summed E-state index contributed by atoms with van der Waals surface area (Å²) in [7, 11) is 0. The van der Waals surface area contributed by atoms with Gasteiger partial charge in [-0.15, -0.1) is 0 Å². The highest BCUT2D eigenvalue weighted by Crippen LogP contribution is 2.68. The maximum atomic E-state index is 14.8. The van der Waals surface area contributed by atoms with E-state index in [1.165, 1.54) is 30.5 Å². The molecule has 1 saturated heterocycles. The lowest BCUT2D eigenvalue weighted by Crippen LogP contribution is -2.54.